The summed E-state index contributed by atoms with van der Waals surface area (Å²) in [6.45, 7) is 0. The van der Waals surface area contributed by atoms with Gasteiger partial charge >= 0.3 is 0 Å². The summed E-state index contributed by atoms with van der Waals surface area (Å²) in [4.78, 5) is 4.18. The molecule has 1 aromatic carbocycles. The fourth-order valence-corrected chi connectivity index (χ4v) is 1.84. The zero-order valence-electron chi connectivity index (χ0n) is 9.61. The molecule has 3 N–H and O–H groups in total. The molecule has 3 nitrogen and oxygen atoms in total. The van der Waals surface area contributed by atoms with E-state index in [1.54, 1.807) is 36.5 Å². The highest BCUT2D eigenvalue weighted by Gasteiger charge is 2.14. The summed E-state index contributed by atoms with van der Waals surface area (Å²) in [6.07, 6.45) is 1.97. The van der Waals surface area contributed by atoms with Gasteiger partial charge in [-0.05, 0) is 30.2 Å². The van der Waals surface area contributed by atoms with Crippen LogP contribution in [0.15, 0.2) is 42.6 Å². The lowest BCUT2D eigenvalue weighted by atomic mass is 10.0. The first-order valence-electron chi connectivity index (χ1n) is 5.51. The summed E-state index contributed by atoms with van der Waals surface area (Å²) in [5, 5.41) is 0.556. The molecular weight excluding hydrogens is 253 g/mol. The van der Waals surface area contributed by atoms with Gasteiger partial charge < -0.3 is 0 Å². The van der Waals surface area contributed by atoms with Gasteiger partial charge in [0.05, 0.1) is 16.8 Å². The Morgan fingerprint density at radius 2 is 2.06 bits per heavy atom. The van der Waals surface area contributed by atoms with E-state index in [2.05, 4.69) is 10.4 Å². The third-order valence-corrected chi connectivity index (χ3v) is 2.91. The third kappa shape index (κ3) is 3.04. The Hall–Kier alpha value is -1.49. The predicted molar refractivity (Wildman–Crippen MR) is 69.4 cm³/mol. The highest BCUT2D eigenvalue weighted by Crippen LogP contribution is 2.19. The maximum absolute atomic E-state index is 13.6. The van der Waals surface area contributed by atoms with E-state index in [1.807, 2.05) is 0 Å². The molecule has 0 aliphatic rings. The van der Waals surface area contributed by atoms with Crippen LogP contribution in [0.1, 0.15) is 17.3 Å². The average molecular weight is 266 g/mol. The monoisotopic (exact) mass is 265 g/mol. The van der Waals surface area contributed by atoms with Gasteiger partial charge in [-0.25, -0.2) is 4.39 Å². The first-order chi connectivity index (χ1) is 8.70. The summed E-state index contributed by atoms with van der Waals surface area (Å²) in [7, 11) is 0. The first kappa shape index (κ1) is 13.0. The van der Waals surface area contributed by atoms with E-state index in [-0.39, 0.29) is 11.9 Å². The highest BCUT2D eigenvalue weighted by atomic mass is 35.5. The number of pyridine rings is 1. The molecule has 0 amide bonds. The van der Waals surface area contributed by atoms with Crippen LogP contribution < -0.4 is 11.3 Å². The second-order valence-electron chi connectivity index (χ2n) is 3.92. The maximum atomic E-state index is 13.6. The fraction of sp³-hybridized carbons (Fsp3) is 0.154. The highest BCUT2D eigenvalue weighted by molar-refractivity contribution is 6.30. The number of nitrogens with zero attached hydrogens (tertiary/aromatic N) is 1. The van der Waals surface area contributed by atoms with Gasteiger partial charge in [0.25, 0.3) is 0 Å². The van der Waals surface area contributed by atoms with Crippen molar-refractivity contribution in [2.75, 3.05) is 0 Å². The van der Waals surface area contributed by atoms with Crippen LogP contribution in [0, 0.1) is 5.82 Å². The quantitative estimate of drug-likeness (QED) is 0.660. The van der Waals surface area contributed by atoms with E-state index in [0.717, 1.165) is 5.69 Å². The number of nitrogens with one attached hydrogen (secondary N) is 1. The number of nitrogens with two attached hydrogens (primary N) is 1. The number of halogens is 2. The molecule has 0 saturated heterocycles. The van der Waals surface area contributed by atoms with Crippen molar-refractivity contribution in [3.8, 4) is 0 Å². The fourth-order valence-electron chi connectivity index (χ4n) is 1.73. The third-order valence-electron chi connectivity index (χ3n) is 2.69. The number of hydrazine groups is 1. The van der Waals surface area contributed by atoms with E-state index in [0.29, 0.717) is 17.0 Å². The van der Waals surface area contributed by atoms with E-state index >= 15 is 0 Å². The van der Waals surface area contributed by atoms with Crippen molar-refractivity contribution in [1.29, 1.82) is 0 Å². The molecule has 2 rings (SSSR count). The van der Waals surface area contributed by atoms with E-state index in [4.69, 9.17) is 17.4 Å². The first-order valence-corrected chi connectivity index (χ1v) is 5.89. The minimum absolute atomic E-state index is 0.244. The number of hydrogen-bond acceptors (Lipinski definition) is 3. The van der Waals surface area contributed by atoms with E-state index < -0.39 is 0 Å². The van der Waals surface area contributed by atoms with Crippen molar-refractivity contribution < 1.29 is 4.39 Å². The molecule has 1 aromatic heterocycles. The molecule has 2 aromatic rings. The van der Waals surface area contributed by atoms with Crippen LogP contribution in [0.5, 0.6) is 0 Å². The van der Waals surface area contributed by atoms with Crippen molar-refractivity contribution in [1.82, 2.24) is 10.4 Å². The molecule has 0 bridgehead atoms. The zero-order chi connectivity index (χ0) is 13.0. The number of benzene rings is 1. The molecule has 18 heavy (non-hydrogen) atoms. The Bertz CT molecular complexity index is 516. The van der Waals surface area contributed by atoms with Crippen LogP contribution in [-0.4, -0.2) is 4.98 Å². The Kier molecular flexibility index (Phi) is 4.25. The van der Waals surface area contributed by atoms with Crippen LogP contribution in [-0.2, 0) is 6.42 Å². The molecule has 94 valence electrons. The molecule has 5 heteroatoms. The van der Waals surface area contributed by atoms with Crippen molar-refractivity contribution in [3.63, 3.8) is 0 Å². The Labute approximate surface area is 110 Å². The second kappa shape index (κ2) is 5.91. The second-order valence-corrected chi connectivity index (χ2v) is 4.35. The van der Waals surface area contributed by atoms with Crippen molar-refractivity contribution in [2.45, 2.75) is 12.5 Å². The summed E-state index contributed by atoms with van der Waals surface area (Å²) >= 11 is 5.77. The lowest BCUT2D eigenvalue weighted by molar-refractivity contribution is 0.519. The van der Waals surface area contributed by atoms with Crippen LogP contribution in [0.25, 0.3) is 0 Å². The van der Waals surface area contributed by atoms with Crippen LogP contribution >= 0.6 is 11.6 Å². The standard InChI is InChI=1S/C13H13ClFN3/c14-10-5-6-12(17-8-10)13(18-16)7-9-3-1-2-4-11(9)15/h1-6,8,13,18H,7,16H2. The van der Waals surface area contributed by atoms with Crippen molar-refractivity contribution in [3.05, 3.63) is 64.7 Å². The number of aromatic nitrogens is 1. The Balaban J connectivity index is 2.20. The predicted octanol–water partition coefficient (Wildman–Crippen LogP) is 2.62. The minimum atomic E-state index is -0.251. The largest absolute Gasteiger partial charge is 0.271 e. The lowest BCUT2D eigenvalue weighted by Crippen LogP contribution is -2.30. The van der Waals surface area contributed by atoms with Gasteiger partial charge in [-0.3, -0.25) is 16.3 Å². The molecule has 0 spiro atoms. The molecular formula is C13H13ClFN3. The molecule has 0 saturated carbocycles. The van der Waals surface area contributed by atoms with Gasteiger partial charge in [0.2, 0.25) is 0 Å². The number of hydrogen-bond donors (Lipinski definition) is 2. The summed E-state index contributed by atoms with van der Waals surface area (Å²) < 4.78 is 13.6. The van der Waals surface area contributed by atoms with Gasteiger partial charge in [-0.15, -0.1) is 0 Å². The Morgan fingerprint density at radius 1 is 1.28 bits per heavy atom. The summed E-state index contributed by atoms with van der Waals surface area (Å²) in [5.74, 6) is 5.25. The van der Waals surface area contributed by atoms with E-state index in [9.17, 15) is 4.39 Å². The van der Waals surface area contributed by atoms with Gasteiger partial charge in [0, 0.05) is 6.20 Å². The lowest BCUT2D eigenvalue weighted by Gasteiger charge is -2.15. The van der Waals surface area contributed by atoms with Gasteiger partial charge in [-0.2, -0.15) is 0 Å². The molecule has 0 aliphatic carbocycles. The van der Waals surface area contributed by atoms with Gasteiger partial charge in [0.1, 0.15) is 5.82 Å². The van der Waals surface area contributed by atoms with Gasteiger partial charge in [-0.1, -0.05) is 29.8 Å². The molecule has 1 atom stereocenters. The SMILES string of the molecule is NNC(Cc1ccccc1F)c1ccc(Cl)cn1. The number of rotatable bonds is 4. The van der Waals surface area contributed by atoms with Crippen LogP contribution in [0.2, 0.25) is 5.02 Å². The van der Waals surface area contributed by atoms with E-state index in [1.165, 1.54) is 6.07 Å². The topological polar surface area (TPSA) is 50.9 Å². The maximum Gasteiger partial charge on any atom is 0.126 e. The van der Waals surface area contributed by atoms with Crippen molar-refractivity contribution >= 4 is 11.6 Å². The minimum Gasteiger partial charge on any atom is -0.271 e. The average Bonchev–Trinajstić information content (AvgIpc) is 2.39. The summed E-state index contributed by atoms with van der Waals surface area (Å²) in [6, 6.07) is 9.86. The van der Waals surface area contributed by atoms with Crippen LogP contribution in [0.3, 0.4) is 0 Å². The van der Waals surface area contributed by atoms with Crippen molar-refractivity contribution in [2.24, 2.45) is 5.84 Å². The van der Waals surface area contributed by atoms with Gasteiger partial charge in [0.15, 0.2) is 0 Å². The smallest absolute Gasteiger partial charge is 0.126 e. The normalized spacial score (nSPS) is 12.4. The Morgan fingerprint density at radius 3 is 2.67 bits per heavy atom. The molecule has 0 radical (unpaired) electrons. The molecule has 0 fully saturated rings. The zero-order valence-corrected chi connectivity index (χ0v) is 10.4. The molecule has 1 unspecified atom stereocenters. The molecule has 0 aliphatic heterocycles. The summed E-state index contributed by atoms with van der Waals surface area (Å²) in [5.41, 5.74) is 3.96. The van der Waals surface area contributed by atoms with Crippen LogP contribution in [0.4, 0.5) is 4.39 Å². The molecule has 1 heterocycles.